The van der Waals surface area contributed by atoms with E-state index in [1.165, 1.54) is 24.3 Å². The van der Waals surface area contributed by atoms with Crippen LogP contribution in [0.2, 0.25) is 0 Å². The van der Waals surface area contributed by atoms with Gasteiger partial charge in [-0.1, -0.05) is 17.3 Å². The number of aromatic nitrogens is 4. The first-order chi connectivity index (χ1) is 9.66. The van der Waals surface area contributed by atoms with Crippen molar-refractivity contribution in [1.29, 1.82) is 0 Å². The molecule has 0 bridgehead atoms. The Bertz CT molecular complexity index is 601. The molecule has 0 radical (unpaired) electrons. The highest BCUT2D eigenvalue weighted by Crippen LogP contribution is 2.05. The molecule has 2 aromatic rings. The zero-order valence-corrected chi connectivity index (χ0v) is 10.3. The lowest BCUT2D eigenvalue weighted by atomic mass is 10.2. The summed E-state index contributed by atoms with van der Waals surface area (Å²) in [6.45, 7) is -0.185. The molecule has 1 aromatic heterocycles. The Balaban J connectivity index is 1.78. The van der Waals surface area contributed by atoms with E-state index in [0.717, 1.165) is 0 Å². The Morgan fingerprint density at radius 2 is 2.05 bits per heavy atom. The average molecular weight is 278 g/mol. The highest BCUT2D eigenvalue weighted by Gasteiger charge is 2.12. The van der Waals surface area contributed by atoms with Gasteiger partial charge >= 0.3 is 0 Å². The second-order valence-corrected chi connectivity index (χ2v) is 3.77. The second-order valence-electron chi connectivity index (χ2n) is 3.77. The number of halogens is 1. The first-order valence-corrected chi connectivity index (χ1v) is 5.68. The summed E-state index contributed by atoms with van der Waals surface area (Å²) in [6.07, 6.45) is 0. The van der Waals surface area contributed by atoms with Gasteiger partial charge in [-0.05, 0) is 12.1 Å². The van der Waals surface area contributed by atoms with Crippen LogP contribution < -0.4 is 10.6 Å². The van der Waals surface area contributed by atoms with Gasteiger partial charge in [0, 0.05) is 0 Å². The molecule has 0 atom stereocenters. The minimum atomic E-state index is -0.655. The quantitative estimate of drug-likeness (QED) is 0.675. The SMILES string of the molecule is O=C(CNC(=O)c1ccccc1F)NCc1nn[nH]n1. The van der Waals surface area contributed by atoms with E-state index in [1.807, 2.05) is 0 Å². The number of carbonyl (C=O) groups excluding carboxylic acids is 2. The first kappa shape index (κ1) is 13.6. The van der Waals surface area contributed by atoms with E-state index in [-0.39, 0.29) is 18.7 Å². The van der Waals surface area contributed by atoms with Crippen molar-refractivity contribution in [2.24, 2.45) is 0 Å². The molecule has 1 heterocycles. The summed E-state index contributed by atoms with van der Waals surface area (Å²) in [7, 11) is 0. The fraction of sp³-hybridized carbons (Fsp3) is 0.182. The van der Waals surface area contributed by atoms with Crippen LogP contribution >= 0.6 is 0 Å². The number of carbonyl (C=O) groups is 2. The number of rotatable bonds is 5. The van der Waals surface area contributed by atoms with Gasteiger partial charge in [-0.25, -0.2) is 4.39 Å². The third-order valence-corrected chi connectivity index (χ3v) is 2.36. The molecule has 0 unspecified atom stereocenters. The average Bonchev–Trinajstić information content (AvgIpc) is 2.96. The van der Waals surface area contributed by atoms with Crippen LogP contribution in [0.1, 0.15) is 16.2 Å². The predicted octanol–water partition coefficient (Wildman–Crippen LogP) is -0.615. The monoisotopic (exact) mass is 278 g/mol. The van der Waals surface area contributed by atoms with Crippen molar-refractivity contribution < 1.29 is 14.0 Å². The minimum Gasteiger partial charge on any atom is -0.347 e. The number of benzene rings is 1. The molecule has 0 spiro atoms. The number of nitrogens with one attached hydrogen (secondary N) is 3. The lowest BCUT2D eigenvalue weighted by Gasteiger charge is -2.06. The van der Waals surface area contributed by atoms with Crippen LogP contribution in [0.3, 0.4) is 0 Å². The molecular formula is C11H11FN6O2. The summed E-state index contributed by atoms with van der Waals surface area (Å²) in [4.78, 5) is 23.1. The van der Waals surface area contributed by atoms with Crippen LogP contribution in [-0.2, 0) is 11.3 Å². The van der Waals surface area contributed by atoms with E-state index >= 15 is 0 Å². The summed E-state index contributed by atoms with van der Waals surface area (Å²) < 4.78 is 13.3. The molecule has 1 aromatic carbocycles. The number of hydrogen-bond acceptors (Lipinski definition) is 5. The van der Waals surface area contributed by atoms with Gasteiger partial charge in [0.15, 0.2) is 5.82 Å². The largest absolute Gasteiger partial charge is 0.347 e. The molecule has 0 fully saturated rings. The fourth-order valence-electron chi connectivity index (χ4n) is 1.40. The fourth-order valence-corrected chi connectivity index (χ4v) is 1.40. The van der Waals surface area contributed by atoms with E-state index in [2.05, 4.69) is 31.3 Å². The summed E-state index contributed by atoms with van der Waals surface area (Å²) in [5, 5.41) is 17.6. The Labute approximate surface area is 112 Å². The van der Waals surface area contributed by atoms with Crippen LogP contribution in [0.15, 0.2) is 24.3 Å². The minimum absolute atomic E-state index is 0.0882. The van der Waals surface area contributed by atoms with E-state index in [9.17, 15) is 14.0 Å². The van der Waals surface area contributed by atoms with E-state index < -0.39 is 17.6 Å². The van der Waals surface area contributed by atoms with Gasteiger partial charge in [0.25, 0.3) is 5.91 Å². The van der Waals surface area contributed by atoms with Crippen molar-refractivity contribution in [3.05, 3.63) is 41.5 Å². The molecule has 0 aliphatic heterocycles. The van der Waals surface area contributed by atoms with Gasteiger partial charge in [0.05, 0.1) is 18.7 Å². The van der Waals surface area contributed by atoms with Crippen molar-refractivity contribution >= 4 is 11.8 Å². The summed E-state index contributed by atoms with van der Waals surface area (Å²) in [5.74, 6) is -1.42. The maximum absolute atomic E-state index is 13.3. The molecule has 9 heteroatoms. The number of aromatic amines is 1. The van der Waals surface area contributed by atoms with E-state index in [4.69, 9.17) is 0 Å². The highest BCUT2D eigenvalue weighted by molar-refractivity contribution is 5.96. The number of amides is 2. The Morgan fingerprint density at radius 1 is 1.25 bits per heavy atom. The molecule has 8 nitrogen and oxygen atoms in total. The summed E-state index contributed by atoms with van der Waals surface area (Å²) >= 11 is 0. The molecule has 0 aliphatic carbocycles. The molecule has 20 heavy (non-hydrogen) atoms. The van der Waals surface area contributed by atoms with Crippen LogP contribution in [-0.4, -0.2) is 39.0 Å². The molecule has 0 aliphatic rings. The normalized spacial score (nSPS) is 10.1. The van der Waals surface area contributed by atoms with Gasteiger partial charge in [-0.3, -0.25) is 9.59 Å². The third kappa shape index (κ3) is 3.57. The van der Waals surface area contributed by atoms with E-state index in [0.29, 0.717) is 5.82 Å². The predicted molar refractivity (Wildman–Crippen MR) is 64.8 cm³/mol. The van der Waals surface area contributed by atoms with Crippen molar-refractivity contribution in [2.75, 3.05) is 6.54 Å². The van der Waals surface area contributed by atoms with Crippen molar-refractivity contribution in [3.63, 3.8) is 0 Å². The summed E-state index contributed by atoms with van der Waals surface area (Å²) in [6, 6.07) is 5.52. The Kier molecular flexibility index (Phi) is 4.32. The van der Waals surface area contributed by atoms with Crippen molar-refractivity contribution in [1.82, 2.24) is 31.3 Å². The summed E-state index contributed by atoms with van der Waals surface area (Å²) in [5.41, 5.74) is -0.113. The van der Waals surface area contributed by atoms with E-state index in [1.54, 1.807) is 0 Å². The molecule has 0 saturated heterocycles. The van der Waals surface area contributed by atoms with Gasteiger partial charge in [-0.2, -0.15) is 5.21 Å². The zero-order valence-electron chi connectivity index (χ0n) is 10.3. The third-order valence-electron chi connectivity index (χ3n) is 2.36. The number of hydrogen-bond donors (Lipinski definition) is 3. The van der Waals surface area contributed by atoms with Crippen LogP contribution in [0, 0.1) is 5.82 Å². The van der Waals surface area contributed by atoms with Crippen molar-refractivity contribution in [3.8, 4) is 0 Å². The second kappa shape index (κ2) is 6.36. The first-order valence-electron chi connectivity index (χ1n) is 5.68. The van der Waals surface area contributed by atoms with Gasteiger partial charge in [0.1, 0.15) is 5.82 Å². The van der Waals surface area contributed by atoms with Crippen LogP contribution in [0.4, 0.5) is 4.39 Å². The van der Waals surface area contributed by atoms with Gasteiger partial charge < -0.3 is 10.6 Å². The van der Waals surface area contributed by atoms with Gasteiger partial charge in [-0.15, -0.1) is 10.2 Å². The smallest absolute Gasteiger partial charge is 0.254 e. The Hall–Kier alpha value is -2.84. The zero-order chi connectivity index (χ0) is 14.4. The maximum atomic E-state index is 13.3. The number of nitrogens with zero attached hydrogens (tertiary/aromatic N) is 3. The molecule has 3 N–H and O–H groups in total. The van der Waals surface area contributed by atoms with Crippen LogP contribution in [0.5, 0.6) is 0 Å². The molecule has 2 rings (SSSR count). The van der Waals surface area contributed by atoms with Gasteiger partial charge in [0.2, 0.25) is 5.91 Å². The topological polar surface area (TPSA) is 113 Å². The van der Waals surface area contributed by atoms with Crippen LogP contribution in [0.25, 0.3) is 0 Å². The lowest BCUT2D eigenvalue weighted by Crippen LogP contribution is -2.37. The highest BCUT2D eigenvalue weighted by atomic mass is 19.1. The number of tetrazole rings is 1. The molecule has 104 valence electrons. The van der Waals surface area contributed by atoms with Crippen molar-refractivity contribution in [2.45, 2.75) is 6.54 Å². The maximum Gasteiger partial charge on any atom is 0.254 e. The Morgan fingerprint density at radius 3 is 2.75 bits per heavy atom. The molecule has 2 amide bonds. The lowest BCUT2D eigenvalue weighted by molar-refractivity contribution is -0.120. The standard InChI is InChI=1S/C11H11FN6O2/c12-8-4-2-1-3-7(8)11(20)14-6-10(19)13-5-9-15-17-18-16-9/h1-4H,5-6H2,(H,13,19)(H,14,20)(H,15,16,17,18). The molecule has 0 saturated carbocycles. The number of H-pyrrole nitrogens is 1. The molecular weight excluding hydrogens is 267 g/mol.